The number of amides is 3. The zero-order valence-electron chi connectivity index (χ0n) is 18.1. The Morgan fingerprint density at radius 2 is 1.94 bits per heavy atom. The topological polar surface area (TPSA) is 154 Å². The van der Waals surface area contributed by atoms with Crippen molar-refractivity contribution in [3.63, 3.8) is 0 Å². The summed E-state index contributed by atoms with van der Waals surface area (Å²) in [6.07, 6.45) is -4.69. The molecule has 0 aliphatic carbocycles. The summed E-state index contributed by atoms with van der Waals surface area (Å²) >= 11 is 0. The molecule has 1 atom stereocenters. The van der Waals surface area contributed by atoms with E-state index in [1.54, 1.807) is 6.07 Å². The number of aliphatic hydroxyl groups excluding tert-OH is 1. The number of aliphatic hydroxyl groups is 1. The number of sulfone groups is 1. The van der Waals surface area contributed by atoms with Gasteiger partial charge in [0.15, 0.2) is 9.84 Å². The number of hydrogen-bond acceptors (Lipinski definition) is 6. The fourth-order valence-corrected chi connectivity index (χ4v) is 5.08. The summed E-state index contributed by atoms with van der Waals surface area (Å²) in [5.41, 5.74) is 3.82. The van der Waals surface area contributed by atoms with Gasteiger partial charge in [-0.2, -0.15) is 18.4 Å². The summed E-state index contributed by atoms with van der Waals surface area (Å²) in [5.74, 6) is -1.75. The minimum atomic E-state index is -4.69. The number of primary amides is 1. The van der Waals surface area contributed by atoms with Gasteiger partial charge in [0.1, 0.15) is 0 Å². The fraction of sp³-hybridized carbons (Fsp3) is 0.227. The van der Waals surface area contributed by atoms with Gasteiger partial charge < -0.3 is 16.2 Å². The molecule has 1 aliphatic rings. The maximum absolute atomic E-state index is 13.2. The van der Waals surface area contributed by atoms with Crippen molar-refractivity contribution in [1.82, 2.24) is 5.32 Å². The normalized spacial score (nSPS) is 16.6. The van der Waals surface area contributed by atoms with Crippen LogP contribution in [0.5, 0.6) is 0 Å². The minimum Gasteiger partial charge on any atom is -0.395 e. The minimum absolute atomic E-state index is 0.0284. The molecule has 13 heteroatoms. The first-order chi connectivity index (χ1) is 16.3. The lowest BCUT2D eigenvalue weighted by Crippen LogP contribution is -2.49. The molecule has 2 aromatic rings. The smallest absolute Gasteiger partial charge is 0.395 e. The lowest BCUT2D eigenvalue weighted by molar-refractivity contribution is -0.137. The van der Waals surface area contributed by atoms with E-state index in [0.717, 1.165) is 29.2 Å². The Morgan fingerprint density at radius 1 is 1.26 bits per heavy atom. The molecular weight excluding hydrogens is 489 g/mol. The highest BCUT2D eigenvalue weighted by Gasteiger charge is 2.39. The van der Waals surface area contributed by atoms with E-state index in [4.69, 9.17) is 5.73 Å². The maximum Gasteiger partial charge on any atom is 0.416 e. The molecule has 9 nitrogen and oxygen atoms in total. The van der Waals surface area contributed by atoms with E-state index in [-0.39, 0.29) is 28.1 Å². The quantitative estimate of drug-likeness (QED) is 0.545. The van der Waals surface area contributed by atoms with Crippen molar-refractivity contribution in [2.75, 3.05) is 17.3 Å². The third-order valence-corrected chi connectivity index (χ3v) is 7.07. The summed E-state index contributed by atoms with van der Waals surface area (Å²) < 4.78 is 65.2. The highest BCUT2D eigenvalue weighted by Crippen LogP contribution is 2.38. The molecule has 3 rings (SSSR count). The summed E-state index contributed by atoms with van der Waals surface area (Å²) in [6, 6.07) is 6.86. The number of nitrogens with one attached hydrogen (secondary N) is 1. The average molecular weight is 508 g/mol. The first-order valence-electron chi connectivity index (χ1n) is 9.98. The number of rotatable bonds is 6. The molecule has 1 aliphatic heterocycles. The van der Waals surface area contributed by atoms with E-state index < -0.39 is 56.8 Å². The van der Waals surface area contributed by atoms with Crippen molar-refractivity contribution in [3.8, 4) is 6.07 Å². The predicted octanol–water partition coefficient (Wildman–Crippen LogP) is 2.37. The van der Waals surface area contributed by atoms with Crippen LogP contribution in [0.4, 0.5) is 23.7 Å². The van der Waals surface area contributed by atoms with Crippen molar-refractivity contribution in [2.45, 2.75) is 24.0 Å². The Hall–Kier alpha value is -3.89. The zero-order chi connectivity index (χ0) is 26.1. The van der Waals surface area contributed by atoms with Crippen molar-refractivity contribution in [2.24, 2.45) is 5.73 Å². The Balaban J connectivity index is 2.23. The largest absolute Gasteiger partial charge is 0.416 e. The molecule has 1 unspecified atom stereocenters. The van der Waals surface area contributed by atoms with Crippen LogP contribution in [0.2, 0.25) is 0 Å². The molecule has 0 spiro atoms. The average Bonchev–Trinajstić information content (AvgIpc) is 2.77. The Bertz CT molecular complexity index is 1380. The van der Waals surface area contributed by atoms with E-state index >= 15 is 0 Å². The van der Waals surface area contributed by atoms with Crippen molar-refractivity contribution in [3.05, 3.63) is 70.4 Å². The molecule has 1 heterocycles. The van der Waals surface area contributed by atoms with E-state index in [0.29, 0.717) is 0 Å². The van der Waals surface area contributed by atoms with E-state index in [1.807, 2.05) is 0 Å². The van der Waals surface area contributed by atoms with Crippen LogP contribution >= 0.6 is 0 Å². The molecule has 2 aromatic carbocycles. The summed E-state index contributed by atoms with van der Waals surface area (Å²) in [7, 11) is -4.16. The van der Waals surface area contributed by atoms with Gasteiger partial charge in [-0.25, -0.2) is 13.2 Å². The lowest BCUT2D eigenvalue weighted by Gasteiger charge is -2.36. The SMILES string of the molecule is CC1=C(C(N)=O)C(c2ccc(C#N)cc2S(=O)(=O)CCO)NC(=O)N1c1cccc(C(F)(F)F)c1. The molecule has 3 amide bonds. The molecule has 0 fully saturated rings. The number of nitriles is 1. The number of nitrogens with two attached hydrogens (primary N) is 1. The van der Waals surface area contributed by atoms with Crippen molar-refractivity contribution >= 4 is 27.5 Å². The predicted molar refractivity (Wildman–Crippen MR) is 117 cm³/mol. The number of urea groups is 1. The van der Waals surface area contributed by atoms with Crippen LogP contribution in [-0.2, 0) is 20.8 Å². The Kier molecular flexibility index (Phi) is 6.91. The highest BCUT2D eigenvalue weighted by atomic mass is 32.2. The molecular formula is C22H19F3N4O5S. The first-order valence-corrected chi connectivity index (χ1v) is 11.6. The fourth-order valence-electron chi connectivity index (χ4n) is 3.77. The van der Waals surface area contributed by atoms with E-state index in [2.05, 4.69) is 5.32 Å². The van der Waals surface area contributed by atoms with Gasteiger partial charge in [0.25, 0.3) is 0 Å². The highest BCUT2D eigenvalue weighted by molar-refractivity contribution is 7.91. The van der Waals surface area contributed by atoms with Crippen LogP contribution < -0.4 is 16.0 Å². The van der Waals surface area contributed by atoms with Crippen LogP contribution in [0.25, 0.3) is 0 Å². The molecule has 0 bridgehead atoms. The standard InChI is InChI=1S/C22H19F3N4O5S/c1-12-18(20(27)31)19(16-6-5-13(11-26)9-17(16)35(33,34)8-7-30)28-21(32)29(12)15-4-2-3-14(10-15)22(23,24)25/h2-6,9-10,19,30H,7-8H2,1H3,(H2,27,31)(H,28,32). The molecule has 4 N–H and O–H groups in total. The number of anilines is 1. The van der Waals surface area contributed by atoms with Gasteiger partial charge in [-0.15, -0.1) is 0 Å². The lowest BCUT2D eigenvalue weighted by atomic mass is 9.93. The van der Waals surface area contributed by atoms with Gasteiger partial charge in [-0.1, -0.05) is 12.1 Å². The van der Waals surface area contributed by atoms with Crippen LogP contribution in [0.1, 0.15) is 29.7 Å². The number of halogens is 3. The monoisotopic (exact) mass is 508 g/mol. The first kappa shape index (κ1) is 25.7. The van der Waals surface area contributed by atoms with Crippen LogP contribution in [0.15, 0.2) is 58.6 Å². The zero-order valence-corrected chi connectivity index (χ0v) is 18.9. The molecule has 0 saturated carbocycles. The van der Waals surface area contributed by atoms with Gasteiger partial charge in [0, 0.05) is 5.70 Å². The second kappa shape index (κ2) is 9.40. The van der Waals surface area contributed by atoms with Gasteiger partial charge in [-0.3, -0.25) is 9.69 Å². The summed E-state index contributed by atoms with van der Waals surface area (Å²) in [5, 5.41) is 20.8. The van der Waals surface area contributed by atoms with Crippen molar-refractivity contribution < 1.29 is 36.3 Å². The Labute approximate surface area is 198 Å². The number of nitrogens with zero attached hydrogens (tertiary/aromatic N) is 2. The summed E-state index contributed by atoms with van der Waals surface area (Å²) in [6.45, 7) is 0.564. The van der Waals surface area contributed by atoms with Crippen LogP contribution in [0.3, 0.4) is 0 Å². The third-order valence-electron chi connectivity index (χ3n) is 5.33. The van der Waals surface area contributed by atoms with E-state index in [9.17, 15) is 41.5 Å². The third kappa shape index (κ3) is 4.98. The number of hydrogen-bond donors (Lipinski definition) is 3. The molecule has 184 valence electrons. The second-order valence-electron chi connectivity index (χ2n) is 7.54. The summed E-state index contributed by atoms with van der Waals surface area (Å²) in [4.78, 5) is 25.9. The molecule has 0 aromatic heterocycles. The number of carbonyl (C=O) groups excluding carboxylic acids is 2. The number of carbonyl (C=O) groups is 2. The van der Waals surface area contributed by atoms with Crippen LogP contribution in [-0.4, -0.2) is 37.8 Å². The molecule has 35 heavy (non-hydrogen) atoms. The number of allylic oxidation sites excluding steroid dienone is 1. The van der Waals surface area contributed by atoms with Crippen molar-refractivity contribution in [1.29, 1.82) is 5.26 Å². The number of alkyl halides is 3. The van der Waals surface area contributed by atoms with Gasteiger partial charge >= 0.3 is 12.2 Å². The van der Waals surface area contributed by atoms with Gasteiger partial charge in [0.05, 0.1) is 51.8 Å². The van der Waals surface area contributed by atoms with Gasteiger partial charge in [-0.05, 0) is 42.8 Å². The van der Waals surface area contributed by atoms with Gasteiger partial charge in [0.2, 0.25) is 5.91 Å². The maximum atomic E-state index is 13.2. The molecule has 0 radical (unpaired) electrons. The van der Waals surface area contributed by atoms with E-state index in [1.165, 1.54) is 25.1 Å². The van der Waals surface area contributed by atoms with Crippen LogP contribution in [0, 0.1) is 11.3 Å². The Morgan fingerprint density at radius 3 is 2.51 bits per heavy atom. The second-order valence-corrected chi connectivity index (χ2v) is 9.61. The molecule has 0 saturated heterocycles. The number of benzene rings is 2.